The number of rotatable bonds is 10. The molecular formula is C52H46N16O15S3. The first-order valence-electron chi connectivity index (χ1n) is 24.3. The van der Waals surface area contributed by atoms with Gasteiger partial charge in [-0.15, -0.1) is 34.0 Å². The maximum atomic E-state index is 13.8. The molecule has 6 aromatic heterocycles. The van der Waals surface area contributed by atoms with Crippen LogP contribution in [0.2, 0.25) is 0 Å². The average molecular weight is 1230 g/mol. The summed E-state index contributed by atoms with van der Waals surface area (Å²) < 4.78 is 11.1. The average Bonchev–Trinajstić information content (AvgIpc) is 4.19. The Morgan fingerprint density at radius 3 is 1.88 bits per heavy atom. The number of nitrogens with zero attached hydrogens (tertiary/aromatic N) is 6. The first-order chi connectivity index (χ1) is 40.7. The molecule has 10 bridgehead atoms. The van der Waals surface area contributed by atoms with Crippen LogP contribution in [0.15, 0.2) is 124 Å². The lowest BCUT2D eigenvalue weighted by molar-refractivity contribution is -0.134. The highest BCUT2D eigenvalue weighted by Gasteiger charge is 2.31. The van der Waals surface area contributed by atoms with Crippen LogP contribution in [0.25, 0.3) is 33.4 Å². The van der Waals surface area contributed by atoms with E-state index >= 15 is 0 Å². The summed E-state index contributed by atoms with van der Waals surface area (Å²) in [6.07, 6.45) is 1.94. The van der Waals surface area contributed by atoms with E-state index in [-0.39, 0.29) is 74.5 Å². The number of aliphatic hydroxyl groups excluding tert-OH is 1. The number of thiazole rings is 3. The predicted molar refractivity (Wildman–Crippen MR) is 303 cm³/mol. The number of oxazole rings is 2. The van der Waals surface area contributed by atoms with Crippen molar-refractivity contribution in [3.8, 4) is 22.0 Å². The van der Waals surface area contributed by atoms with Crippen LogP contribution in [0, 0.1) is 0 Å². The standard InChI is InChI=1S/C52H46N16O15S3/c1-10-28-49-65-31(15-83-49)42(74)53-13-35-61-32(16-84-35)44(76)59-24(7)50-66-33(17-85-50)45(77)57-22(5)40(72)58-23(6)48-64-30(14-82-48)37-27(51-67-34(18-86-51)46(78)68-36(26(9)69)47(79)63-28)11-12-29(62-37)43(75)56-21(4)39(71)54-19(2)38(70)55-20(3)41(73)60-25(8)52(80)81/h10-12,14-18,24,26,36,69H,2-6,8,13H2,1,7,9H3,(H,53,74)(H,54,71)(H,55,70)(H,56,75)(H,57,77)(H,58,72)(H,59,76)(H,60,73)(H,63,79)(H,68,78)(H,80,81)/b28-10+/t24?,26?,36-/m0/s1/i7+1. The van der Waals surface area contributed by atoms with Gasteiger partial charge in [0.25, 0.3) is 53.2 Å². The van der Waals surface area contributed by atoms with Gasteiger partial charge in [-0.2, -0.15) is 0 Å². The summed E-state index contributed by atoms with van der Waals surface area (Å²) in [4.78, 5) is 169. The van der Waals surface area contributed by atoms with Crippen LogP contribution < -0.4 is 53.2 Å². The van der Waals surface area contributed by atoms with Gasteiger partial charge in [0.2, 0.25) is 17.7 Å². The fraction of sp³-hybridized carbons (Fsp3) is 0.135. The molecule has 31 nitrogen and oxygen atoms in total. The van der Waals surface area contributed by atoms with Crippen LogP contribution in [-0.4, -0.2) is 117 Å². The number of hydrogen-bond acceptors (Lipinski definition) is 23. The molecule has 442 valence electrons. The van der Waals surface area contributed by atoms with E-state index < -0.39 is 117 Å². The maximum Gasteiger partial charge on any atom is 0.351 e. The molecular weight excluding hydrogens is 1190 g/mol. The van der Waals surface area contributed by atoms with Gasteiger partial charge in [0, 0.05) is 21.7 Å². The molecule has 0 aliphatic carbocycles. The van der Waals surface area contributed by atoms with Gasteiger partial charge in [-0.1, -0.05) is 45.5 Å². The lowest BCUT2D eigenvalue weighted by Crippen LogP contribution is -2.52. The third-order valence-electron chi connectivity index (χ3n) is 11.3. The molecule has 1 aliphatic rings. The Hall–Kier alpha value is -11.2. The Morgan fingerprint density at radius 1 is 0.651 bits per heavy atom. The van der Waals surface area contributed by atoms with E-state index in [9.17, 15) is 57.8 Å². The lowest BCUT2D eigenvalue weighted by Gasteiger charge is -2.20. The van der Waals surface area contributed by atoms with Crippen molar-refractivity contribution in [3.63, 3.8) is 0 Å². The number of allylic oxidation sites excluding steroid dienone is 1. The fourth-order valence-electron chi connectivity index (χ4n) is 6.81. The van der Waals surface area contributed by atoms with Gasteiger partial charge in [0.05, 0.1) is 52.9 Å². The Bertz CT molecular complexity index is 3950. The van der Waals surface area contributed by atoms with Gasteiger partial charge in [-0.3, -0.25) is 47.9 Å². The Morgan fingerprint density at radius 2 is 1.22 bits per heavy atom. The zero-order valence-corrected chi connectivity index (χ0v) is 47.4. The van der Waals surface area contributed by atoms with Crippen LogP contribution >= 0.6 is 34.0 Å². The van der Waals surface area contributed by atoms with Gasteiger partial charge in [0.15, 0.2) is 5.69 Å². The maximum absolute atomic E-state index is 13.8. The second kappa shape index (κ2) is 26.8. The molecule has 1 aliphatic heterocycles. The molecule has 3 atom stereocenters. The van der Waals surface area contributed by atoms with Gasteiger partial charge >= 0.3 is 5.97 Å². The quantitative estimate of drug-likeness (QED) is 0.0681. The third-order valence-corrected chi connectivity index (χ3v) is 14.0. The molecule has 7 heterocycles. The minimum absolute atomic E-state index is 0.0187. The minimum atomic E-state index is -1.63. The fourth-order valence-corrected chi connectivity index (χ4v) is 9.16. The third kappa shape index (κ3) is 15.1. The Labute approximate surface area is 495 Å². The number of amides is 10. The number of carboxylic acids is 1. The number of carbonyl (C=O) groups is 11. The number of aliphatic carboxylic acids is 1. The smallest absolute Gasteiger partial charge is 0.351 e. The molecule has 6 aromatic rings. The van der Waals surface area contributed by atoms with E-state index in [4.69, 9.17) is 13.9 Å². The number of pyridine rings is 1. The number of aromatic nitrogens is 6. The largest absolute Gasteiger partial charge is 0.477 e. The van der Waals surface area contributed by atoms with Gasteiger partial charge in [-0.25, -0.2) is 34.7 Å². The van der Waals surface area contributed by atoms with Crippen LogP contribution in [0.3, 0.4) is 0 Å². The summed E-state index contributed by atoms with van der Waals surface area (Å²) >= 11 is 2.99. The summed E-state index contributed by atoms with van der Waals surface area (Å²) in [6.45, 7) is 25.0. The van der Waals surface area contributed by atoms with Crippen molar-refractivity contribution in [2.45, 2.75) is 45.5 Å². The van der Waals surface area contributed by atoms with Crippen molar-refractivity contribution in [3.05, 3.63) is 165 Å². The highest BCUT2D eigenvalue weighted by molar-refractivity contribution is 7.13. The molecule has 34 heteroatoms. The van der Waals surface area contributed by atoms with Crippen molar-refractivity contribution in [1.82, 2.24) is 83.1 Å². The summed E-state index contributed by atoms with van der Waals surface area (Å²) in [5, 5.41) is 47.8. The van der Waals surface area contributed by atoms with E-state index in [0.717, 1.165) is 46.5 Å². The van der Waals surface area contributed by atoms with Gasteiger partial charge in [0.1, 0.15) is 73.5 Å². The second-order valence-corrected chi connectivity index (χ2v) is 20.3. The monoisotopic (exact) mass is 1230 g/mol. The highest BCUT2D eigenvalue weighted by Crippen LogP contribution is 2.34. The molecule has 0 radical (unpaired) electrons. The first-order valence-corrected chi connectivity index (χ1v) is 26.9. The van der Waals surface area contributed by atoms with E-state index in [1.54, 1.807) is 6.92 Å². The van der Waals surface area contributed by atoms with Crippen LogP contribution in [-0.2, 0) is 35.3 Å². The number of carbonyl (C=O) groups excluding carboxylic acids is 10. The number of hydrogen-bond donors (Lipinski definition) is 12. The van der Waals surface area contributed by atoms with Crippen molar-refractivity contribution in [1.29, 1.82) is 0 Å². The SMILES string of the molecule is C=C(NC(=O)C(=C)NC(=O)C(=C)NC(=O)C(=C)NC(=O)c1ccc2c(n1)-c1coc(n1)C(=C)NC(=O)C(=C)NC(=O)c1csc(n1)C([13CH3])NC(=O)c1csc(n1)CNC(=O)c1coc(n1)/C(=C\C)NC(=O)[C@H](C(C)O)NC(=O)c1csc-2n1)C(=O)O. The van der Waals surface area contributed by atoms with Gasteiger partial charge < -0.3 is 72.2 Å². The molecule has 0 fully saturated rings. The molecule has 12 N–H and O–H groups in total. The molecule has 86 heavy (non-hydrogen) atoms. The van der Waals surface area contributed by atoms with Crippen molar-refractivity contribution in [2.75, 3.05) is 0 Å². The van der Waals surface area contributed by atoms with E-state index in [0.29, 0.717) is 10.0 Å². The summed E-state index contributed by atoms with van der Waals surface area (Å²) in [6, 6.07) is 0.142. The predicted octanol–water partition coefficient (Wildman–Crippen LogP) is 1.40. The Balaban J connectivity index is 1.15. The lowest BCUT2D eigenvalue weighted by atomic mass is 10.1. The molecule has 7 rings (SSSR count). The van der Waals surface area contributed by atoms with Crippen molar-refractivity contribution < 1.29 is 71.8 Å². The van der Waals surface area contributed by atoms with E-state index in [1.165, 1.54) is 48.2 Å². The van der Waals surface area contributed by atoms with Crippen LogP contribution in [0.5, 0.6) is 0 Å². The van der Waals surface area contributed by atoms with Gasteiger partial charge in [-0.05, 0) is 32.9 Å². The number of nitrogens with one attached hydrogen (secondary N) is 10. The molecule has 0 saturated heterocycles. The van der Waals surface area contributed by atoms with E-state index in [1.807, 2.05) is 10.6 Å². The second-order valence-electron chi connectivity index (χ2n) is 17.6. The summed E-state index contributed by atoms with van der Waals surface area (Å²) in [5.74, 6) is -11.7. The highest BCUT2D eigenvalue weighted by atomic mass is 32.1. The van der Waals surface area contributed by atoms with Crippen molar-refractivity contribution in [2.24, 2.45) is 0 Å². The van der Waals surface area contributed by atoms with Crippen LogP contribution in [0.1, 0.15) is 101 Å². The normalized spacial score (nSPS) is 16.1. The molecule has 2 unspecified atom stereocenters. The number of carboxylic acid groups (broad SMARTS) is 1. The number of fused-ring (bicyclic) bond motifs is 13. The van der Waals surface area contributed by atoms with Crippen molar-refractivity contribution >= 4 is 110 Å². The molecule has 0 aromatic carbocycles. The zero-order chi connectivity index (χ0) is 62.8. The first kappa shape index (κ1) is 62.4. The van der Waals surface area contributed by atoms with E-state index in [2.05, 4.69) is 112 Å². The summed E-state index contributed by atoms with van der Waals surface area (Å²) in [5.41, 5.74) is -4.74. The molecule has 0 spiro atoms. The minimum Gasteiger partial charge on any atom is -0.477 e. The topological polar surface area (TPSA) is 452 Å². The van der Waals surface area contributed by atoms with Crippen LogP contribution in [0.4, 0.5) is 0 Å². The molecule has 10 amide bonds. The molecule has 0 saturated carbocycles. The Kier molecular flexibility index (Phi) is 19.4. The zero-order valence-electron chi connectivity index (χ0n) is 44.9. The number of aliphatic hydroxyl groups is 1. The summed E-state index contributed by atoms with van der Waals surface area (Å²) in [7, 11) is 0.